The van der Waals surface area contributed by atoms with Crippen molar-refractivity contribution in [3.05, 3.63) is 101 Å². The van der Waals surface area contributed by atoms with E-state index < -0.39 is 0 Å². The first kappa shape index (κ1) is 21.9. The lowest BCUT2D eigenvalue weighted by Gasteiger charge is -2.11. The Hall–Kier alpha value is -4.90. The normalized spacial score (nSPS) is 10.8. The van der Waals surface area contributed by atoms with E-state index in [1.54, 1.807) is 30.5 Å². The van der Waals surface area contributed by atoms with Gasteiger partial charge in [-0.3, -0.25) is 9.48 Å². The monoisotopic (exact) mass is 459 g/mol. The van der Waals surface area contributed by atoms with Gasteiger partial charge in [0.25, 0.3) is 5.91 Å². The summed E-state index contributed by atoms with van der Waals surface area (Å²) in [6, 6.07) is 20.6. The number of benzene rings is 2. The summed E-state index contributed by atoms with van der Waals surface area (Å²) in [7, 11) is 0. The summed E-state index contributed by atoms with van der Waals surface area (Å²) in [6.45, 7) is 4.33. The molecule has 5 rings (SSSR count). The lowest BCUT2D eigenvalue weighted by atomic mass is 10.1. The first-order chi connectivity index (χ1) is 17.0. The van der Waals surface area contributed by atoms with Crippen molar-refractivity contribution in [3.8, 4) is 17.5 Å². The van der Waals surface area contributed by atoms with Crippen molar-refractivity contribution in [1.82, 2.24) is 24.7 Å². The van der Waals surface area contributed by atoms with Crippen molar-refractivity contribution >= 4 is 22.5 Å². The molecular formula is C27H21N7O. The smallest absolute Gasteiger partial charge is 0.256 e. The molecule has 0 atom stereocenters. The number of nitrogens with one attached hydrogen (secondary N) is 1. The van der Waals surface area contributed by atoms with Crippen molar-refractivity contribution in [1.29, 1.82) is 5.26 Å². The molecule has 1 amide bonds. The van der Waals surface area contributed by atoms with E-state index in [1.165, 1.54) is 6.33 Å². The summed E-state index contributed by atoms with van der Waals surface area (Å²) in [5.74, 6) is -0.247. The van der Waals surface area contributed by atoms with Gasteiger partial charge in [0.2, 0.25) is 0 Å². The number of amides is 1. The number of fused-ring (bicyclic) bond motifs is 1. The SMILES string of the molecule is Cc1nn(Cc2ccc(C#N)cc2)c(C)c1NC(=O)c1cc(-c2ccncn2)nc2ccccc12. The van der Waals surface area contributed by atoms with Crippen molar-refractivity contribution in [3.63, 3.8) is 0 Å². The van der Waals surface area contributed by atoms with E-state index in [0.29, 0.717) is 40.3 Å². The Labute approximate surface area is 201 Å². The van der Waals surface area contributed by atoms with E-state index in [2.05, 4.69) is 31.4 Å². The molecule has 0 aliphatic rings. The Morgan fingerprint density at radius 3 is 2.60 bits per heavy atom. The maximum Gasteiger partial charge on any atom is 0.256 e. The largest absolute Gasteiger partial charge is 0.319 e. The number of nitriles is 1. The minimum Gasteiger partial charge on any atom is -0.319 e. The molecule has 0 unspecified atom stereocenters. The van der Waals surface area contributed by atoms with Gasteiger partial charge in [-0.2, -0.15) is 10.4 Å². The highest BCUT2D eigenvalue weighted by atomic mass is 16.1. The van der Waals surface area contributed by atoms with Gasteiger partial charge < -0.3 is 5.32 Å². The van der Waals surface area contributed by atoms with E-state index in [-0.39, 0.29) is 5.91 Å². The fourth-order valence-electron chi connectivity index (χ4n) is 4.01. The van der Waals surface area contributed by atoms with Crippen LogP contribution in [-0.4, -0.2) is 30.6 Å². The van der Waals surface area contributed by atoms with Crippen LogP contribution in [0.2, 0.25) is 0 Å². The van der Waals surface area contributed by atoms with Crippen LogP contribution in [0.1, 0.15) is 32.9 Å². The zero-order valence-electron chi connectivity index (χ0n) is 19.2. The highest BCUT2D eigenvalue weighted by molar-refractivity contribution is 6.13. The minimum atomic E-state index is -0.247. The van der Waals surface area contributed by atoms with Gasteiger partial charge in [0.15, 0.2) is 0 Å². The zero-order chi connectivity index (χ0) is 24.4. The Morgan fingerprint density at radius 2 is 1.86 bits per heavy atom. The number of nitrogens with zero attached hydrogens (tertiary/aromatic N) is 6. The van der Waals surface area contributed by atoms with E-state index in [4.69, 9.17) is 5.26 Å². The third kappa shape index (κ3) is 4.35. The molecule has 0 spiro atoms. The molecule has 35 heavy (non-hydrogen) atoms. The van der Waals surface area contributed by atoms with Crippen molar-refractivity contribution < 1.29 is 4.79 Å². The predicted octanol–water partition coefficient (Wildman–Crippen LogP) is 4.68. The number of carbonyl (C=O) groups is 1. The van der Waals surface area contributed by atoms with E-state index in [1.807, 2.05) is 54.9 Å². The van der Waals surface area contributed by atoms with Crippen LogP contribution < -0.4 is 5.32 Å². The molecule has 8 heteroatoms. The van der Waals surface area contributed by atoms with Gasteiger partial charge in [-0.1, -0.05) is 30.3 Å². The molecular weight excluding hydrogens is 438 g/mol. The topological polar surface area (TPSA) is 109 Å². The van der Waals surface area contributed by atoms with Crippen LogP contribution in [0.25, 0.3) is 22.3 Å². The molecule has 1 N–H and O–H groups in total. The Balaban J connectivity index is 1.48. The molecule has 0 radical (unpaired) electrons. The highest BCUT2D eigenvalue weighted by Gasteiger charge is 2.19. The van der Waals surface area contributed by atoms with Crippen LogP contribution in [0.3, 0.4) is 0 Å². The predicted molar refractivity (Wildman–Crippen MR) is 133 cm³/mol. The number of hydrogen-bond donors (Lipinski definition) is 1. The van der Waals surface area contributed by atoms with Gasteiger partial charge in [0, 0.05) is 11.6 Å². The van der Waals surface area contributed by atoms with Crippen LogP contribution in [0.15, 0.2) is 73.2 Å². The summed E-state index contributed by atoms with van der Waals surface area (Å²) < 4.78 is 1.85. The molecule has 3 heterocycles. The fraction of sp³-hybridized carbons (Fsp3) is 0.111. The van der Waals surface area contributed by atoms with Crippen LogP contribution in [0.4, 0.5) is 5.69 Å². The number of aromatic nitrogens is 5. The van der Waals surface area contributed by atoms with Crippen LogP contribution in [0.5, 0.6) is 0 Å². The van der Waals surface area contributed by atoms with E-state index in [0.717, 1.165) is 22.3 Å². The maximum atomic E-state index is 13.5. The maximum absolute atomic E-state index is 13.5. The molecule has 0 saturated carbocycles. The highest BCUT2D eigenvalue weighted by Crippen LogP contribution is 2.26. The molecule has 170 valence electrons. The fourth-order valence-corrected chi connectivity index (χ4v) is 4.01. The molecule has 0 bridgehead atoms. The molecule has 3 aromatic heterocycles. The molecule has 0 aliphatic heterocycles. The van der Waals surface area contributed by atoms with Gasteiger partial charge in [0.05, 0.1) is 57.7 Å². The average molecular weight is 460 g/mol. The first-order valence-corrected chi connectivity index (χ1v) is 11.0. The molecule has 2 aromatic carbocycles. The van der Waals surface area contributed by atoms with E-state index in [9.17, 15) is 4.79 Å². The number of aryl methyl sites for hydroxylation is 1. The second kappa shape index (κ2) is 9.15. The molecule has 8 nitrogen and oxygen atoms in total. The number of hydrogen-bond acceptors (Lipinski definition) is 6. The van der Waals surface area contributed by atoms with Gasteiger partial charge in [-0.25, -0.2) is 15.0 Å². The number of rotatable bonds is 5. The lowest BCUT2D eigenvalue weighted by Crippen LogP contribution is -2.14. The minimum absolute atomic E-state index is 0.247. The zero-order valence-corrected chi connectivity index (χ0v) is 19.2. The Kier molecular flexibility index (Phi) is 5.73. The second-order valence-electron chi connectivity index (χ2n) is 8.13. The van der Waals surface area contributed by atoms with Crippen molar-refractivity contribution in [2.45, 2.75) is 20.4 Å². The third-order valence-corrected chi connectivity index (χ3v) is 5.84. The summed E-state index contributed by atoms with van der Waals surface area (Å²) in [5, 5.41) is 17.5. The number of anilines is 1. The molecule has 0 aliphatic carbocycles. The number of para-hydroxylation sites is 1. The molecule has 5 aromatic rings. The van der Waals surface area contributed by atoms with Crippen LogP contribution in [0, 0.1) is 25.2 Å². The average Bonchev–Trinajstić information content (AvgIpc) is 3.16. The Morgan fingerprint density at radius 1 is 1.06 bits per heavy atom. The van der Waals surface area contributed by atoms with Crippen LogP contribution >= 0.6 is 0 Å². The number of pyridine rings is 1. The summed E-state index contributed by atoms with van der Waals surface area (Å²) in [6.07, 6.45) is 3.11. The lowest BCUT2D eigenvalue weighted by molar-refractivity contribution is 0.102. The standard InChI is InChI=1S/C27H21N7O/c1-17-26(18(2)34(33-17)15-20-9-7-19(14-28)8-10-20)32-27(35)22-13-25(24-11-12-29-16-30-24)31-23-6-4-3-5-21(22)23/h3-13,16H,15H2,1-2H3,(H,32,35). The molecule has 0 saturated heterocycles. The van der Waals surface area contributed by atoms with Gasteiger partial charge in [-0.05, 0) is 49.7 Å². The molecule has 0 fully saturated rings. The van der Waals surface area contributed by atoms with Gasteiger partial charge in [-0.15, -0.1) is 0 Å². The first-order valence-electron chi connectivity index (χ1n) is 11.0. The summed E-state index contributed by atoms with van der Waals surface area (Å²) in [5.41, 5.74) is 6.31. The van der Waals surface area contributed by atoms with E-state index >= 15 is 0 Å². The van der Waals surface area contributed by atoms with Crippen molar-refractivity contribution in [2.75, 3.05) is 5.32 Å². The Bertz CT molecular complexity index is 1580. The van der Waals surface area contributed by atoms with Gasteiger partial charge in [0.1, 0.15) is 6.33 Å². The van der Waals surface area contributed by atoms with Crippen LogP contribution in [-0.2, 0) is 6.54 Å². The van der Waals surface area contributed by atoms with Gasteiger partial charge >= 0.3 is 0 Å². The number of carbonyl (C=O) groups excluding carboxylic acids is 1. The second-order valence-corrected chi connectivity index (χ2v) is 8.13. The quantitative estimate of drug-likeness (QED) is 0.409. The summed E-state index contributed by atoms with van der Waals surface area (Å²) >= 11 is 0. The summed E-state index contributed by atoms with van der Waals surface area (Å²) in [4.78, 5) is 26.5. The van der Waals surface area contributed by atoms with Crippen molar-refractivity contribution in [2.24, 2.45) is 0 Å². The third-order valence-electron chi connectivity index (χ3n) is 5.84.